The second-order valence-corrected chi connectivity index (χ2v) is 8.13. The van der Waals surface area contributed by atoms with Crippen LogP contribution in [0, 0.1) is 10.1 Å². The lowest BCUT2D eigenvalue weighted by atomic mass is 10.1. The van der Waals surface area contributed by atoms with Crippen molar-refractivity contribution in [3.8, 4) is 11.3 Å². The molecule has 0 aliphatic carbocycles. The summed E-state index contributed by atoms with van der Waals surface area (Å²) < 4.78 is 0. The number of nitrogens with zero attached hydrogens (tertiary/aromatic N) is 4. The van der Waals surface area contributed by atoms with E-state index in [4.69, 9.17) is 5.73 Å². The lowest BCUT2D eigenvalue weighted by Crippen LogP contribution is -2.47. The number of hydrogen-bond acceptors (Lipinski definition) is 7. The van der Waals surface area contributed by atoms with Gasteiger partial charge in [-0.3, -0.25) is 15.0 Å². The van der Waals surface area contributed by atoms with Crippen LogP contribution in [0.4, 0.5) is 16.5 Å². The van der Waals surface area contributed by atoms with Crippen LogP contribution >= 0.6 is 11.3 Å². The fourth-order valence-corrected chi connectivity index (χ4v) is 4.56. The molecule has 7 nitrogen and oxygen atoms in total. The van der Waals surface area contributed by atoms with Gasteiger partial charge in [-0.15, -0.1) is 11.3 Å². The molecule has 150 valence electrons. The van der Waals surface area contributed by atoms with Crippen molar-refractivity contribution in [3.05, 3.63) is 69.6 Å². The zero-order chi connectivity index (χ0) is 20.2. The third-order valence-corrected chi connectivity index (χ3v) is 6.15. The van der Waals surface area contributed by atoms with Crippen LogP contribution in [0.5, 0.6) is 0 Å². The van der Waals surface area contributed by atoms with Crippen molar-refractivity contribution >= 4 is 27.8 Å². The summed E-state index contributed by atoms with van der Waals surface area (Å²) in [4.78, 5) is 21.2. The molecule has 1 aliphatic heterocycles. The molecule has 0 unspecified atom stereocenters. The second-order valence-electron chi connectivity index (χ2n) is 7.01. The van der Waals surface area contributed by atoms with Crippen molar-refractivity contribution in [2.75, 3.05) is 43.4 Å². The smallest absolute Gasteiger partial charge is 0.292 e. The number of hydrogen-bond donors (Lipinski definition) is 1. The van der Waals surface area contributed by atoms with E-state index in [9.17, 15) is 10.1 Å². The molecule has 1 aromatic heterocycles. The largest absolute Gasteiger partial charge is 0.375 e. The Morgan fingerprint density at radius 3 is 2.45 bits per heavy atom. The highest BCUT2D eigenvalue weighted by atomic mass is 32.1. The molecule has 0 saturated carbocycles. The van der Waals surface area contributed by atoms with Gasteiger partial charge in [0.2, 0.25) is 0 Å². The van der Waals surface area contributed by atoms with Gasteiger partial charge in [-0.25, -0.2) is 4.98 Å². The van der Waals surface area contributed by atoms with Gasteiger partial charge < -0.3 is 10.6 Å². The zero-order valence-electron chi connectivity index (χ0n) is 16.0. The first-order valence-corrected chi connectivity index (χ1v) is 10.4. The van der Waals surface area contributed by atoms with E-state index >= 15 is 0 Å². The number of nitro benzene ring substituents is 1. The first-order chi connectivity index (χ1) is 14.1. The lowest BCUT2D eigenvalue weighted by molar-refractivity contribution is -0.384. The molecular weight excluding hydrogens is 386 g/mol. The SMILES string of the molecule is Nc1nc(-c2ccccc2)c(CCN2CCN(c3ccccc3[N+](=O)[O-])CC2)s1. The molecule has 2 N–H and O–H groups in total. The summed E-state index contributed by atoms with van der Waals surface area (Å²) in [6, 6.07) is 17.1. The number of para-hydroxylation sites is 2. The van der Waals surface area contributed by atoms with Crippen molar-refractivity contribution in [2.45, 2.75) is 6.42 Å². The van der Waals surface area contributed by atoms with Crippen molar-refractivity contribution in [3.63, 3.8) is 0 Å². The Labute approximate surface area is 173 Å². The van der Waals surface area contributed by atoms with Crippen molar-refractivity contribution < 1.29 is 4.92 Å². The van der Waals surface area contributed by atoms with Gasteiger partial charge >= 0.3 is 0 Å². The van der Waals surface area contributed by atoms with Gasteiger partial charge in [0.25, 0.3) is 5.69 Å². The monoisotopic (exact) mass is 409 g/mol. The van der Waals surface area contributed by atoms with Crippen LogP contribution in [-0.2, 0) is 6.42 Å². The molecule has 2 aromatic carbocycles. The first-order valence-electron chi connectivity index (χ1n) is 9.63. The molecule has 0 bridgehead atoms. The molecule has 3 aromatic rings. The normalized spacial score (nSPS) is 14.8. The molecule has 0 spiro atoms. The predicted molar refractivity (Wildman–Crippen MR) is 117 cm³/mol. The highest BCUT2D eigenvalue weighted by molar-refractivity contribution is 7.15. The van der Waals surface area contributed by atoms with Gasteiger partial charge in [0.05, 0.1) is 10.6 Å². The third kappa shape index (κ3) is 4.38. The maximum Gasteiger partial charge on any atom is 0.292 e. The van der Waals surface area contributed by atoms with Gasteiger partial charge in [0.1, 0.15) is 5.69 Å². The minimum atomic E-state index is -0.305. The fourth-order valence-electron chi connectivity index (χ4n) is 3.72. The lowest BCUT2D eigenvalue weighted by Gasteiger charge is -2.35. The number of aromatic nitrogens is 1. The molecule has 1 aliphatic rings. The van der Waals surface area contributed by atoms with Crippen molar-refractivity contribution in [1.82, 2.24) is 9.88 Å². The van der Waals surface area contributed by atoms with E-state index in [2.05, 4.69) is 26.9 Å². The van der Waals surface area contributed by atoms with Crippen LogP contribution in [0.25, 0.3) is 11.3 Å². The molecule has 4 rings (SSSR count). The van der Waals surface area contributed by atoms with Crippen molar-refractivity contribution in [2.24, 2.45) is 0 Å². The van der Waals surface area contributed by atoms with E-state index in [1.54, 1.807) is 23.5 Å². The predicted octanol–water partition coefficient (Wildman–Crippen LogP) is 3.67. The molecule has 0 radical (unpaired) electrons. The number of thiazole rings is 1. The van der Waals surface area contributed by atoms with Crippen LogP contribution < -0.4 is 10.6 Å². The van der Waals surface area contributed by atoms with E-state index in [1.165, 1.54) is 4.88 Å². The number of nitrogens with two attached hydrogens (primary N) is 1. The molecule has 0 atom stereocenters. The number of benzene rings is 2. The van der Waals surface area contributed by atoms with Crippen LogP contribution in [-0.4, -0.2) is 47.5 Å². The molecule has 8 heteroatoms. The van der Waals surface area contributed by atoms with Crippen LogP contribution in [0.2, 0.25) is 0 Å². The standard InChI is InChI=1S/C21H23N5O2S/c22-21-23-20(16-6-2-1-3-7-16)19(29-21)10-11-24-12-14-25(15-13-24)17-8-4-5-9-18(17)26(27)28/h1-9H,10-15H2,(H2,22,23). The fraction of sp³-hybridized carbons (Fsp3) is 0.286. The van der Waals surface area contributed by atoms with Crippen LogP contribution in [0.3, 0.4) is 0 Å². The summed E-state index contributed by atoms with van der Waals surface area (Å²) in [5.41, 5.74) is 8.93. The van der Waals surface area contributed by atoms with Crippen LogP contribution in [0.1, 0.15) is 4.88 Å². The summed E-state index contributed by atoms with van der Waals surface area (Å²) in [6.45, 7) is 4.23. The average Bonchev–Trinajstić information content (AvgIpc) is 3.14. The Bertz CT molecular complexity index is 984. The Morgan fingerprint density at radius 2 is 1.72 bits per heavy atom. The number of rotatable bonds is 6. The summed E-state index contributed by atoms with van der Waals surface area (Å²) in [5.74, 6) is 0. The second kappa shape index (κ2) is 8.59. The van der Waals surface area contributed by atoms with E-state index in [0.717, 1.165) is 50.4 Å². The molecular formula is C21H23N5O2S. The maximum atomic E-state index is 11.3. The average molecular weight is 410 g/mol. The topological polar surface area (TPSA) is 88.5 Å². The van der Waals surface area contributed by atoms with Gasteiger partial charge in [-0.2, -0.15) is 0 Å². The number of nitrogen functional groups attached to an aromatic ring is 1. The van der Waals surface area contributed by atoms with Crippen molar-refractivity contribution in [1.29, 1.82) is 0 Å². The Kier molecular flexibility index (Phi) is 5.73. The zero-order valence-corrected chi connectivity index (χ0v) is 16.8. The molecule has 0 amide bonds. The van der Waals surface area contributed by atoms with E-state index in [1.807, 2.05) is 30.3 Å². The minimum Gasteiger partial charge on any atom is -0.375 e. The molecule has 1 saturated heterocycles. The number of piperazine rings is 1. The summed E-state index contributed by atoms with van der Waals surface area (Å²) >= 11 is 1.55. The Hall–Kier alpha value is -2.97. The van der Waals surface area contributed by atoms with Gasteiger partial charge in [-0.05, 0) is 12.5 Å². The third-order valence-electron chi connectivity index (χ3n) is 5.21. The Morgan fingerprint density at radius 1 is 1.03 bits per heavy atom. The molecule has 2 heterocycles. The van der Waals surface area contributed by atoms with Crippen LogP contribution in [0.15, 0.2) is 54.6 Å². The minimum absolute atomic E-state index is 0.175. The quantitative estimate of drug-likeness (QED) is 0.494. The van der Waals surface area contributed by atoms with E-state index in [-0.39, 0.29) is 10.6 Å². The highest BCUT2D eigenvalue weighted by Crippen LogP contribution is 2.31. The highest BCUT2D eigenvalue weighted by Gasteiger charge is 2.23. The maximum absolute atomic E-state index is 11.3. The number of nitro groups is 1. The molecule has 1 fully saturated rings. The first kappa shape index (κ1) is 19.4. The Balaban J connectivity index is 1.38. The van der Waals surface area contributed by atoms with Gasteiger partial charge in [0.15, 0.2) is 5.13 Å². The molecule has 29 heavy (non-hydrogen) atoms. The number of anilines is 2. The van der Waals surface area contributed by atoms with Gasteiger partial charge in [-0.1, -0.05) is 42.5 Å². The van der Waals surface area contributed by atoms with E-state index < -0.39 is 0 Å². The summed E-state index contributed by atoms with van der Waals surface area (Å²) in [5, 5.41) is 11.9. The van der Waals surface area contributed by atoms with E-state index in [0.29, 0.717) is 10.8 Å². The summed E-state index contributed by atoms with van der Waals surface area (Å²) in [6.07, 6.45) is 0.893. The van der Waals surface area contributed by atoms with Gasteiger partial charge in [0, 0.05) is 49.2 Å². The summed E-state index contributed by atoms with van der Waals surface area (Å²) in [7, 11) is 0.